The molecule has 0 amide bonds. The average molecular weight is 265 g/mol. The Balaban J connectivity index is 3.13. The smallest absolute Gasteiger partial charge is 0.417 e. The number of carbonyl (C=O) groups excluding carboxylic acids is 1. The molecule has 100 valence electrons. The summed E-state index contributed by atoms with van der Waals surface area (Å²) < 4.78 is 55.1. The third-order valence-corrected chi connectivity index (χ3v) is 1.79. The zero-order valence-electron chi connectivity index (χ0n) is 9.93. The Kier molecular flexibility index (Phi) is 3.64. The van der Waals surface area contributed by atoms with Gasteiger partial charge in [0, 0.05) is 6.20 Å². The lowest BCUT2D eigenvalue weighted by atomic mass is 10.1. The minimum atomic E-state index is -4.70. The van der Waals surface area contributed by atoms with Crippen molar-refractivity contribution in [2.24, 2.45) is 0 Å². The summed E-state index contributed by atoms with van der Waals surface area (Å²) >= 11 is 0. The number of hydrogen-bond acceptors (Lipinski definition) is 3. The van der Waals surface area contributed by atoms with E-state index in [2.05, 4.69) is 4.98 Å². The van der Waals surface area contributed by atoms with Crippen LogP contribution in [0.5, 0.6) is 0 Å². The van der Waals surface area contributed by atoms with Crippen LogP contribution >= 0.6 is 0 Å². The molecule has 0 bridgehead atoms. The molecule has 0 saturated heterocycles. The minimum Gasteiger partial charge on any atom is -0.456 e. The molecule has 18 heavy (non-hydrogen) atoms. The number of alkyl halides is 3. The summed E-state index contributed by atoms with van der Waals surface area (Å²) in [6, 6.07) is 0.385. The molecular weight excluding hydrogens is 254 g/mol. The number of rotatable bonds is 1. The molecule has 7 heteroatoms. The number of carbonyl (C=O) groups is 1. The number of ether oxygens (including phenoxy) is 1. The van der Waals surface area contributed by atoms with Crippen LogP contribution in [0.25, 0.3) is 0 Å². The standard InChI is InChI=1S/C11H11F4NO2/c1-10(2,3)18-9(17)7-4-6(11(13,14)15)5-16-8(7)12/h4-5H,1-3H3. The molecule has 1 aromatic heterocycles. The number of halogens is 4. The van der Waals surface area contributed by atoms with Crippen LogP contribution in [0.15, 0.2) is 12.3 Å². The predicted octanol–water partition coefficient (Wildman–Crippen LogP) is 3.19. The molecule has 0 fully saturated rings. The van der Waals surface area contributed by atoms with Gasteiger partial charge in [0.2, 0.25) is 5.95 Å². The molecule has 1 rings (SSSR count). The SMILES string of the molecule is CC(C)(C)OC(=O)c1cc(C(F)(F)F)cnc1F. The highest BCUT2D eigenvalue weighted by molar-refractivity contribution is 5.89. The van der Waals surface area contributed by atoms with Gasteiger partial charge in [-0.05, 0) is 26.8 Å². The number of hydrogen-bond donors (Lipinski definition) is 0. The van der Waals surface area contributed by atoms with E-state index in [1.165, 1.54) is 20.8 Å². The van der Waals surface area contributed by atoms with Gasteiger partial charge in [0.1, 0.15) is 11.2 Å². The normalized spacial score (nSPS) is 12.4. The van der Waals surface area contributed by atoms with Crippen molar-refractivity contribution in [1.82, 2.24) is 4.98 Å². The molecule has 0 unspecified atom stereocenters. The van der Waals surface area contributed by atoms with E-state index in [1.54, 1.807) is 0 Å². The Morgan fingerprint density at radius 2 is 1.83 bits per heavy atom. The lowest BCUT2D eigenvalue weighted by Gasteiger charge is -2.19. The Morgan fingerprint density at radius 3 is 2.28 bits per heavy atom. The van der Waals surface area contributed by atoms with E-state index in [9.17, 15) is 22.4 Å². The molecule has 1 aromatic rings. The van der Waals surface area contributed by atoms with E-state index in [4.69, 9.17) is 4.74 Å². The van der Waals surface area contributed by atoms with Crippen molar-refractivity contribution in [2.75, 3.05) is 0 Å². The van der Waals surface area contributed by atoms with Crippen molar-refractivity contribution in [3.8, 4) is 0 Å². The molecule has 0 aliphatic carbocycles. The van der Waals surface area contributed by atoms with Gasteiger partial charge in [0.05, 0.1) is 5.56 Å². The van der Waals surface area contributed by atoms with Crippen LogP contribution in [0, 0.1) is 5.95 Å². The van der Waals surface area contributed by atoms with Gasteiger partial charge in [-0.15, -0.1) is 0 Å². The minimum absolute atomic E-state index is 0.323. The molecule has 0 aromatic carbocycles. The summed E-state index contributed by atoms with van der Waals surface area (Å²) in [4.78, 5) is 14.4. The summed E-state index contributed by atoms with van der Waals surface area (Å²) in [6.07, 6.45) is -4.37. The summed E-state index contributed by atoms with van der Waals surface area (Å²) in [6.45, 7) is 4.55. The molecule has 1 heterocycles. The maximum atomic E-state index is 13.2. The molecule has 0 aliphatic heterocycles. The fourth-order valence-corrected chi connectivity index (χ4v) is 1.08. The van der Waals surface area contributed by atoms with E-state index in [0.717, 1.165) is 0 Å². The zero-order chi connectivity index (χ0) is 14.1. The highest BCUT2D eigenvalue weighted by atomic mass is 19.4. The van der Waals surface area contributed by atoms with Crippen LogP contribution in [0.3, 0.4) is 0 Å². The molecule has 0 saturated carbocycles. The van der Waals surface area contributed by atoms with Crippen LogP contribution in [-0.4, -0.2) is 16.6 Å². The van der Waals surface area contributed by atoms with Crippen LogP contribution in [0.1, 0.15) is 36.7 Å². The highest BCUT2D eigenvalue weighted by Crippen LogP contribution is 2.29. The quantitative estimate of drug-likeness (QED) is 0.444. The van der Waals surface area contributed by atoms with Crippen molar-refractivity contribution in [3.05, 3.63) is 29.3 Å². The van der Waals surface area contributed by atoms with Gasteiger partial charge in [-0.2, -0.15) is 17.6 Å². The van der Waals surface area contributed by atoms with Gasteiger partial charge in [0.15, 0.2) is 0 Å². The first-order valence-corrected chi connectivity index (χ1v) is 4.97. The fraction of sp³-hybridized carbons (Fsp3) is 0.455. The average Bonchev–Trinajstić information content (AvgIpc) is 2.13. The topological polar surface area (TPSA) is 39.2 Å². The van der Waals surface area contributed by atoms with Gasteiger partial charge < -0.3 is 4.74 Å². The monoisotopic (exact) mass is 265 g/mol. The second-order valence-electron chi connectivity index (χ2n) is 4.56. The van der Waals surface area contributed by atoms with Gasteiger partial charge >= 0.3 is 12.1 Å². The lowest BCUT2D eigenvalue weighted by molar-refractivity contribution is -0.137. The second kappa shape index (κ2) is 4.55. The van der Waals surface area contributed by atoms with E-state index >= 15 is 0 Å². The summed E-state index contributed by atoms with van der Waals surface area (Å²) in [7, 11) is 0. The maximum absolute atomic E-state index is 13.2. The predicted molar refractivity (Wildman–Crippen MR) is 54.4 cm³/mol. The molecule has 0 atom stereocenters. The number of pyridine rings is 1. The Labute approximate surface area is 101 Å². The third kappa shape index (κ3) is 3.68. The van der Waals surface area contributed by atoms with Crippen molar-refractivity contribution in [2.45, 2.75) is 32.5 Å². The Morgan fingerprint density at radius 1 is 1.28 bits per heavy atom. The Bertz CT molecular complexity index is 463. The van der Waals surface area contributed by atoms with Gasteiger partial charge in [-0.25, -0.2) is 9.78 Å². The van der Waals surface area contributed by atoms with E-state index in [0.29, 0.717) is 12.3 Å². The van der Waals surface area contributed by atoms with Crippen LogP contribution in [0.2, 0.25) is 0 Å². The first kappa shape index (κ1) is 14.4. The van der Waals surface area contributed by atoms with Crippen molar-refractivity contribution >= 4 is 5.97 Å². The van der Waals surface area contributed by atoms with Crippen molar-refractivity contribution in [1.29, 1.82) is 0 Å². The van der Waals surface area contributed by atoms with Crippen molar-refractivity contribution < 1.29 is 27.1 Å². The van der Waals surface area contributed by atoms with Crippen LogP contribution < -0.4 is 0 Å². The fourth-order valence-electron chi connectivity index (χ4n) is 1.08. The molecule has 0 spiro atoms. The molecule has 0 N–H and O–H groups in total. The summed E-state index contributed by atoms with van der Waals surface area (Å²) in [5, 5.41) is 0. The summed E-state index contributed by atoms with van der Waals surface area (Å²) in [5.41, 5.74) is -2.97. The van der Waals surface area contributed by atoms with E-state index < -0.39 is 34.8 Å². The van der Waals surface area contributed by atoms with Crippen molar-refractivity contribution in [3.63, 3.8) is 0 Å². The Hall–Kier alpha value is -1.66. The highest BCUT2D eigenvalue weighted by Gasteiger charge is 2.33. The van der Waals surface area contributed by atoms with Gasteiger partial charge in [-0.3, -0.25) is 0 Å². The van der Waals surface area contributed by atoms with Gasteiger partial charge in [-0.1, -0.05) is 0 Å². The summed E-state index contributed by atoms with van der Waals surface area (Å²) in [5.74, 6) is -2.48. The number of aromatic nitrogens is 1. The number of esters is 1. The van der Waals surface area contributed by atoms with Crippen LogP contribution in [-0.2, 0) is 10.9 Å². The molecule has 0 radical (unpaired) electrons. The third-order valence-electron chi connectivity index (χ3n) is 1.79. The zero-order valence-corrected chi connectivity index (χ0v) is 9.93. The van der Waals surface area contributed by atoms with Crippen LogP contribution in [0.4, 0.5) is 17.6 Å². The molecular formula is C11H11F4NO2. The van der Waals surface area contributed by atoms with E-state index in [-0.39, 0.29) is 0 Å². The maximum Gasteiger partial charge on any atom is 0.417 e. The molecule has 0 aliphatic rings. The van der Waals surface area contributed by atoms with Gasteiger partial charge in [0.25, 0.3) is 0 Å². The van der Waals surface area contributed by atoms with E-state index in [1.807, 2.05) is 0 Å². The first-order valence-electron chi connectivity index (χ1n) is 4.97. The first-order chi connectivity index (χ1) is 8.00. The molecule has 3 nitrogen and oxygen atoms in total. The largest absolute Gasteiger partial charge is 0.456 e. The lowest BCUT2D eigenvalue weighted by Crippen LogP contribution is -2.25. The second-order valence-corrected chi connectivity index (χ2v) is 4.56. The number of nitrogens with zero attached hydrogens (tertiary/aromatic N) is 1.